The largest absolute Gasteiger partial charge is 0.494 e. The Hall–Kier alpha value is -1.75. The van der Waals surface area contributed by atoms with Gasteiger partial charge < -0.3 is 20.5 Å². The van der Waals surface area contributed by atoms with E-state index in [0.29, 0.717) is 36.3 Å². The maximum absolute atomic E-state index is 11.9. The van der Waals surface area contributed by atoms with Crippen LogP contribution in [0.2, 0.25) is 0 Å². The zero-order valence-electron chi connectivity index (χ0n) is 11.9. The number of rotatable bonds is 6. The lowest BCUT2D eigenvalue weighted by Gasteiger charge is -2.12. The average Bonchev–Trinajstić information content (AvgIpc) is 2.94. The maximum Gasteiger partial charge on any atom is 0.226 e. The standard InChI is InChI=1S/C15H22N2O3/c1-19-14-10-11(16)6-7-13(14)17-15(18)8-9-20-12-4-2-3-5-12/h6-7,10,12H,2-5,8-9,16H2,1H3,(H,17,18). The van der Waals surface area contributed by atoms with E-state index in [1.165, 1.54) is 12.8 Å². The van der Waals surface area contributed by atoms with E-state index in [1.54, 1.807) is 25.3 Å². The third-order valence-electron chi connectivity index (χ3n) is 3.48. The summed E-state index contributed by atoms with van der Waals surface area (Å²) in [5.74, 6) is 0.487. The van der Waals surface area contributed by atoms with Gasteiger partial charge in [0.05, 0.1) is 31.9 Å². The first-order valence-electron chi connectivity index (χ1n) is 7.04. The van der Waals surface area contributed by atoms with Crippen molar-refractivity contribution in [1.82, 2.24) is 0 Å². The molecule has 0 radical (unpaired) electrons. The Kier molecular flexibility index (Phi) is 5.24. The first-order valence-corrected chi connectivity index (χ1v) is 7.04. The van der Waals surface area contributed by atoms with E-state index in [4.69, 9.17) is 15.2 Å². The monoisotopic (exact) mass is 278 g/mol. The summed E-state index contributed by atoms with van der Waals surface area (Å²) in [6, 6.07) is 5.15. The van der Waals surface area contributed by atoms with Crippen LogP contribution in [0.25, 0.3) is 0 Å². The Balaban J connectivity index is 1.78. The van der Waals surface area contributed by atoms with Gasteiger partial charge in [0, 0.05) is 11.8 Å². The molecule has 20 heavy (non-hydrogen) atoms. The van der Waals surface area contributed by atoms with Gasteiger partial charge in [0.25, 0.3) is 0 Å². The highest BCUT2D eigenvalue weighted by Gasteiger charge is 2.15. The van der Waals surface area contributed by atoms with Crippen molar-refractivity contribution in [3.8, 4) is 5.75 Å². The predicted molar refractivity (Wildman–Crippen MR) is 78.9 cm³/mol. The van der Waals surface area contributed by atoms with Crippen LogP contribution in [-0.4, -0.2) is 25.7 Å². The second kappa shape index (κ2) is 7.14. The fraction of sp³-hybridized carbons (Fsp3) is 0.533. The van der Waals surface area contributed by atoms with Gasteiger partial charge in [0.2, 0.25) is 5.91 Å². The van der Waals surface area contributed by atoms with Crippen molar-refractivity contribution in [3.05, 3.63) is 18.2 Å². The van der Waals surface area contributed by atoms with Crippen LogP contribution in [0.5, 0.6) is 5.75 Å². The van der Waals surface area contributed by atoms with E-state index >= 15 is 0 Å². The highest BCUT2D eigenvalue weighted by Crippen LogP contribution is 2.26. The molecule has 1 saturated carbocycles. The summed E-state index contributed by atoms with van der Waals surface area (Å²) >= 11 is 0. The van der Waals surface area contributed by atoms with Crippen molar-refractivity contribution in [3.63, 3.8) is 0 Å². The number of carbonyl (C=O) groups is 1. The molecule has 110 valence electrons. The molecule has 1 aromatic carbocycles. The highest BCUT2D eigenvalue weighted by atomic mass is 16.5. The molecule has 0 atom stereocenters. The minimum Gasteiger partial charge on any atom is -0.494 e. The van der Waals surface area contributed by atoms with Crippen LogP contribution in [0.3, 0.4) is 0 Å². The molecule has 0 unspecified atom stereocenters. The smallest absolute Gasteiger partial charge is 0.226 e. The number of nitrogens with one attached hydrogen (secondary N) is 1. The summed E-state index contributed by atoms with van der Waals surface area (Å²) in [5, 5.41) is 2.81. The first kappa shape index (κ1) is 14.7. The molecular formula is C15H22N2O3. The zero-order valence-corrected chi connectivity index (χ0v) is 11.9. The fourth-order valence-corrected chi connectivity index (χ4v) is 2.40. The average molecular weight is 278 g/mol. The molecule has 0 spiro atoms. The third-order valence-corrected chi connectivity index (χ3v) is 3.48. The van der Waals surface area contributed by atoms with Crippen molar-refractivity contribution in [2.45, 2.75) is 38.2 Å². The zero-order chi connectivity index (χ0) is 14.4. The Labute approximate surface area is 119 Å². The number of amides is 1. The summed E-state index contributed by atoms with van der Waals surface area (Å²) in [5.41, 5.74) is 6.90. The molecular weight excluding hydrogens is 256 g/mol. The number of nitrogen functional groups attached to an aromatic ring is 1. The van der Waals surface area contributed by atoms with Gasteiger partial charge in [0.1, 0.15) is 5.75 Å². The van der Waals surface area contributed by atoms with Crippen LogP contribution in [-0.2, 0) is 9.53 Å². The second-order valence-corrected chi connectivity index (χ2v) is 5.04. The van der Waals surface area contributed by atoms with Crippen LogP contribution in [0.4, 0.5) is 11.4 Å². The summed E-state index contributed by atoms with van der Waals surface area (Å²) in [7, 11) is 1.55. The van der Waals surface area contributed by atoms with Gasteiger partial charge in [-0.2, -0.15) is 0 Å². The lowest BCUT2D eigenvalue weighted by molar-refractivity contribution is -0.117. The van der Waals surface area contributed by atoms with Crippen LogP contribution in [0, 0.1) is 0 Å². The number of anilines is 2. The quantitative estimate of drug-likeness (QED) is 0.784. The number of ether oxygens (including phenoxy) is 2. The van der Waals surface area contributed by atoms with E-state index in [0.717, 1.165) is 12.8 Å². The molecule has 2 rings (SSSR count). The summed E-state index contributed by atoms with van der Waals surface area (Å²) in [6.07, 6.45) is 5.40. The Morgan fingerprint density at radius 2 is 2.15 bits per heavy atom. The molecule has 1 aliphatic carbocycles. The second-order valence-electron chi connectivity index (χ2n) is 5.04. The van der Waals surface area contributed by atoms with Gasteiger partial charge >= 0.3 is 0 Å². The first-order chi connectivity index (χ1) is 9.69. The molecule has 0 heterocycles. The van der Waals surface area contributed by atoms with Gasteiger partial charge in [-0.05, 0) is 25.0 Å². The minimum atomic E-state index is -0.0777. The topological polar surface area (TPSA) is 73.6 Å². The van der Waals surface area contributed by atoms with E-state index < -0.39 is 0 Å². The lowest BCUT2D eigenvalue weighted by Crippen LogP contribution is -2.17. The SMILES string of the molecule is COc1cc(N)ccc1NC(=O)CCOC1CCCC1. The van der Waals surface area contributed by atoms with E-state index in [2.05, 4.69) is 5.32 Å². The van der Waals surface area contributed by atoms with Crippen LogP contribution >= 0.6 is 0 Å². The molecule has 0 aliphatic heterocycles. The van der Waals surface area contributed by atoms with Crippen LogP contribution in [0.15, 0.2) is 18.2 Å². The Morgan fingerprint density at radius 3 is 2.85 bits per heavy atom. The molecule has 0 aromatic heterocycles. The van der Waals surface area contributed by atoms with Crippen molar-refractivity contribution < 1.29 is 14.3 Å². The fourth-order valence-electron chi connectivity index (χ4n) is 2.40. The van der Waals surface area contributed by atoms with Gasteiger partial charge in [0.15, 0.2) is 0 Å². The lowest BCUT2D eigenvalue weighted by atomic mass is 10.2. The number of nitrogens with two attached hydrogens (primary N) is 1. The maximum atomic E-state index is 11.9. The third kappa shape index (κ3) is 4.13. The summed E-state index contributed by atoms with van der Waals surface area (Å²) in [4.78, 5) is 11.9. The molecule has 1 amide bonds. The molecule has 1 aliphatic rings. The minimum absolute atomic E-state index is 0.0777. The Morgan fingerprint density at radius 1 is 1.40 bits per heavy atom. The summed E-state index contributed by atoms with van der Waals surface area (Å²) in [6.45, 7) is 0.466. The molecule has 5 heteroatoms. The number of benzene rings is 1. The van der Waals surface area contributed by atoms with Crippen molar-refractivity contribution in [2.75, 3.05) is 24.8 Å². The van der Waals surface area contributed by atoms with E-state index in [1.807, 2.05) is 0 Å². The Bertz CT molecular complexity index is 456. The molecule has 0 bridgehead atoms. The van der Waals surface area contributed by atoms with Gasteiger partial charge in [-0.25, -0.2) is 0 Å². The predicted octanol–water partition coefficient (Wildman–Crippen LogP) is 2.57. The van der Waals surface area contributed by atoms with Crippen LogP contribution in [0.1, 0.15) is 32.1 Å². The summed E-state index contributed by atoms with van der Waals surface area (Å²) < 4.78 is 10.9. The van der Waals surface area contributed by atoms with Gasteiger partial charge in [-0.3, -0.25) is 4.79 Å². The molecule has 0 saturated heterocycles. The van der Waals surface area contributed by atoms with Gasteiger partial charge in [-0.1, -0.05) is 12.8 Å². The van der Waals surface area contributed by atoms with E-state index in [-0.39, 0.29) is 5.91 Å². The number of methoxy groups -OCH3 is 1. The molecule has 3 N–H and O–H groups in total. The van der Waals surface area contributed by atoms with Crippen molar-refractivity contribution in [1.29, 1.82) is 0 Å². The number of hydrogen-bond acceptors (Lipinski definition) is 4. The normalized spacial score (nSPS) is 15.2. The molecule has 5 nitrogen and oxygen atoms in total. The number of carbonyl (C=O) groups excluding carboxylic acids is 1. The molecule has 1 aromatic rings. The molecule has 1 fully saturated rings. The van der Waals surface area contributed by atoms with Crippen molar-refractivity contribution in [2.24, 2.45) is 0 Å². The number of hydrogen-bond donors (Lipinski definition) is 2. The van der Waals surface area contributed by atoms with Crippen LogP contribution < -0.4 is 15.8 Å². The highest BCUT2D eigenvalue weighted by molar-refractivity contribution is 5.92. The van der Waals surface area contributed by atoms with E-state index in [9.17, 15) is 4.79 Å². The van der Waals surface area contributed by atoms with Gasteiger partial charge in [-0.15, -0.1) is 0 Å². The van der Waals surface area contributed by atoms with Crippen molar-refractivity contribution >= 4 is 17.3 Å².